The number of halogens is 2. The van der Waals surface area contributed by atoms with Crippen molar-refractivity contribution in [1.29, 1.82) is 0 Å². The normalized spacial score (nSPS) is 11.9. The van der Waals surface area contributed by atoms with Gasteiger partial charge in [0.1, 0.15) is 11.6 Å². The molecule has 0 saturated carbocycles. The lowest BCUT2D eigenvalue weighted by atomic mass is 9.94. The van der Waals surface area contributed by atoms with Crippen LogP contribution in [0.25, 0.3) is 11.1 Å². The van der Waals surface area contributed by atoms with E-state index in [0.717, 1.165) is 18.2 Å². The van der Waals surface area contributed by atoms with E-state index >= 15 is 0 Å². The minimum Gasteiger partial charge on any atom is -0.386 e. The van der Waals surface area contributed by atoms with Gasteiger partial charge in [0.05, 0.1) is 16.9 Å². The molecule has 6 nitrogen and oxygen atoms in total. The smallest absolute Gasteiger partial charge is 0.238 e. The van der Waals surface area contributed by atoms with Gasteiger partial charge in [0.2, 0.25) is 15.9 Å². The first-order valence-electron chi connectivity index (χ1n) is 9.58. The molecule has 32 heavy (non-hydrogen) atoms. The van der Waals surface area contributed by atoms with Crippen LogP contribution >= 0.6 is 0 Å². The molecule has 168 valence electrons. The summed E-state index contributed by atoms with van der Waals surface area (Å²) in [5, 5.41) is 18.1. The average Bonchev–Trinajstić information content (AvgIpc) is 2.68. The lowest BCUT2D eigenvalue weighted by Gasteiger charge is -2.19. The zero-order valence-electron chi connectivity index (χ0n) is 17.4. The highest BCUT2D eigenvalue weighted by atomic mass is 32.2. The quantitative estimate of drug-likeness (QED) is 0.521. The second-order valence-corrected chi connectivity index (χ2v) is 9.39. The number of benzene rings is 3. The molecule has 0 aliphatic rings. The number of rotatable bonds is 6. The van der Waals surface area contributed by atoms with Crippen LogP contribution in [0.4, 0.5) is 14.5 Å². The Morgan fingerprint density at radius 2 is 1.75 bits per heavy atom. The first-order chi connectivity index (χ1) is 14.8. The molecule has 9 heteroatoms. The first kappa shape index (κ1) is 23.5. The number of amides is 1. The van der Waals surface area contributed by atoms with Gasteiger partial charge in [-0.3, -0.25) is 4.79 Å². The standard InChI is InChI=1S/C23H22F2N2O4S/c1-23(2,29)16-9-15(10-17(24)12-16)19-8-7-18(13-21(19)32(26,30)31)27-22(28)11-14-5-3-4-6-20(14)25/h3-10,12-13,29H,11H2,1-2H3,(H,27,28)(H2,26,30,31). The number of carbonyl (C=O) groups is 1. The molecule has 1 amide bonds. The van der Waals surface area contributed by atoms with Crippen molar-refractivity contribution in [2.75, 3.05) is 5.32 Å². The fourth-order valence-electron chi connectivity index (χ4n) is 3.19. The number of primary sulfonamides is 1. The molecule has 0 unspecified atom stereocenters. The lowest BCUT2D eigenvalue weighted by molar-refractivity contribution is -0.115. The van der Waals surface area contributed by atoms with Crippen molar-refractivity contribution >= 4 is 21.6 Å². The van der Waals surface area contributed by atoms with Gasteiger partial charge in [-0.2, -0.15) is 0 Å². The predicted octanol–water partition coefficient (Wildman–Crippen LogP) is 3.69. The molecule has 0 spiro atoms. The first-order valence-corrected chi connectivity index (χ1v) is 11.1. The van der Waals surface area contributed by atoms with Crippen molar-refractivity contribution in [3.8, 4) is 11.1 Å². The summed E-state index contributed by atoms with van der Waals surface area (Å²) >= 11 is 0. The summed E-state index contributed by atoms with van der Waals surface area (Å²) in [5.74, 6) is -1.75. The van der Waals surface area contributed by atoms with E-state index in [1.807, 2.05) is 0 Å². The summed E-state index contributed by atoms with van der Waals surface area (Å²) in [5.41, 5.74) is -0.514. The van der Waals surface area contributed by atoms with E-state index < -0.39 is 33.2 Å². The predicted molar refractivity (Wildman–Crippen MR) is 117 cm³/mol. The fraction of sp³-hybridized carbons (Fsp3) is 0.174. The molecule has 0 fully saturated rings. The summed E-state index contributed by atoms with van der Waals surface area (Å²) in [7, 11) is -4.26. The molecule has 0 heterocycles. The Hall–Kier alpha value is -3.14. The van der Waals surface area contributed by atoms with Gasteiger partial charge < -0.3 is 10.4 Å². The third-order valence-corrected chi connectivity index (χ3v) is 5.75. The molecular formula is C23H22F2N2O4S. The van der Waals surface area contributed by atoms with E-state index in [4.69, 9.17) is 5.14 Å². The van der Waals surface area contributed by atoms with E-state index in [0.29, 0.717) is 0 Å². The van der Waals surface area contributed by atoms with Crippen molar-refractivity contribution in [3.63, 3.8) is 0 Å². The maximum atomic E-state index is 14.2. The van der Waals surface area contributed by atoms with E-state index in [9.17, 15) is 27.1 Å². The van der Waals surface area contributed by atoms with Gasteiger partial charge in [0.15, 0.2) is 0 Å². The molecule has 3 aromatic carbocycles. The lowest BCUT2D eigenvalue weighted by Crippen LogP contribution is -2.18. The summed E-state index contributed by atoms with van der Waals surface area (Å²) in [4.78, 5) is 12.0. The van der Waals surface area contributed by atoms with Crippen LogP contribution in [0.2, 0.25) is 0 Å². The van der Waals surface area contributed by atoms with Gasteiger partial charge in [-0.25, -0.2) is 22.3 Å². The number of sulfonamides is 1. The Morgan fingerprint density at radius 1 is 1.06 bits per heavy atom. The summed E-state index contributed by atoms with van der Waals surface area (Å²) < 4.78 is 52.4. The Kier molecular flexibility index (Phi) is 6.45. The summed E-state index contributed by atoms with van der Waals surface area (Å²) in [6, 6.07) is 13.5. The van der Waals surface area contributed by atoms with Crippen LogP contribution in [-0.4, -0.2) is 19.4 Å². The average molecular weight is 461 g/mol. The molecule has 0 aliphatic carbocycles. The van der Waals surface area contributed by atoms with Gasteiger partial charge >= 0.3 is 0 Å². The minimum atomic E-state index is -4.26. The van der Waals surface area contributed by atoms with Crippen LogP contribution in [-0.2, 0) is 26.8 Å². The Balaban J connectivity index is 1.98. The van der Waals surface area contributed by atoms with Crippen LogP contribution < -0.4 is 10.5 Å². The number of carbonyl (C=O) groups excluding carboxylic acids is 1. The van der Waals surface area contributed by atoms with E-state index in [1.165, 1.54) is 50.2 Å². The van der Waals surface area contributed by atoms with Crippen LogP contribution in [0.15, 0.2) is 65.6 Å². The molecule has 0 saturated heterocycles. The van der Waals surface area contributed by atoms with Crippen LogP contribution in [0.3, 0.4) is 0 Å². The van der Waals surface area contributed by atoms with Crippen LogP contribution in [0.1, 0.15) is 25.0 Å². The molecule has 0 bridgehead atoms. The highest BCUT2D eigenvalue weighted by Gasteiger charge is 2.22. The SMILES string of the molecule is CC(C)(O)c1cc(F)cc(-c2ccc(NC(=O)Cc3ccccc3F)cc2S(N)(=O)=O)c1. The monoisotopic (exact) mass is 460 g/mol. The van der Waals surface area contributed by atoms with Crippen molar-refractivity contribution in [1.82, 2.24) is 0 Å². The number of anilines is 1. The van der Waals surface area contributed by atoms with E-state index in [-0.39, 0.29) is 39.3 Å². The van der Waals surface area contributed by atoms with Crippen molar-refractivity contribution < 1.29 is 27.1 Å². The Labute approximate surface area is 184 Å². The van der Waals surface area contributed by atoms with Crippen LogP contribution in [0, 0.1) is 11.6 Å². The third-order valence-electron chi connectivity index (χ3n) is 4.80. The van der Waals surface area contributed by atoms with Crippen molar-refractivity contribution in [2.24, 2.45) is 5.14 Å². The van der Waals surface area contributed by atoms with Gasteiger partial charge in [0, 0.05) is 11.3 Å². The van der Waals surface area contributed by atoms with E-state index in [1.54, 1.807) is 6.07 Å². The number of nitrogens with two attached hydrogens (primary N) is 1. The fourth-order valence-corrected chi connectivity index (χ4v) is 3.98. The molecular weight excluding hydrogens is 438 g/mol. The summed E-state index contributed by atoms with van der Waals surface area (Å²) in [6.07, 6.45) is -0.252. The zero-order chi connectivity index (χ0) is 23.7. The van der Waals surface area contributed by atoms with Gasteiger partial charge in [-0.1, -0.05) is 24.3 Å². The number of nitrogens with one attached hydrogen (secondary N) is 1. The minimum absolute atomic E-state index is 0.101. The van der Waals surface area contributed by atoms with Crippen molar-refractivity contribution in [2.45, 2.75) is 30.8 Å². The summed E-state index contributed by atoms with van der Waals surface area (Å²) in [6.45, 7) is 2.95. The highest BCUT2D eigenvalue weighted by molar-refractivity contribution is 7.89. The zero-order valence-corrected chi connectivity index (χ0v) is 18.2. The topological polar surface area (TPSA) is 109 Å². The molecule has 0 aromatic heterocycles. The third kappa shape index (κ3) is 5.56. The molecule has 0 atom stereocenters. The van der Waals surface area contributed by atoms with Gasteiger partial charge in [-0.15, -0.1) is 0 Å². The second-order valence-electron chi connectivity index (χ2n) is 7.86. The van der Waals surface area contributed by atoms with Crippen LogP contribution in [0.5, 0.6) is 0 Å². The Bertz CT molecular complexity index is 1290. The maximum absolute atomic E-state index is 14.2. The number of hydrogen-bond acceptors (Lipinski definition) is 4. The molecule has 4 N–H and O–H groups in total. The maximum Gasteiger partial charge on any atom is 0.238 e. The number of aliphatic hydroxyl groups is 1. The molecule has 3 rings (SSSR count). The van der Waals surface area contributed by atoms with Crippen molar-refractivity contribution in [3.05, 3.63) is 83.4 Å². The van der Waals surface area contributed by atoms with Gasteiger partial charge in [0.25, 0.3) is 0 Å². The highest BCUT2D eigenvalue weighted by Crippen LogP contribution is 2.33. The van der Waals surface area contributed by atoms with E-state index in [2.05, 4.69) is 5.32 Å². The Morgan fingerprint density at radius 3 is 2.38 bits per heavy atom. The van der Waals surface area contributed by atoms with Gasteiger partial charge in [-0.05, 0) is 66.9 Å². The molecule has 3 aromatic rings. The molecule has 0 aliphatic heterocycles. The second kappa shape index (κ2) is 8.78. The largest absolute Gasteiger partial charge is 0.386 e. The number of hydrogen-bond donors (Lipinski definition) is 3. The molecule has 0 radical (unpaired) electrons.